The van der Waals surface area contributed by atoms with Crippen LogP contribution in [0.2, 0.25) is 0 Å². The van der Waals surface area contributed by atoms with Gasteiger partial charge in [-0.2, -0.15) is 0 Å². The van der Waals surface area contributed by atoms with Crippen molar-refractivity contribution in [3.8, 4) is 0 Å². The lowest BCUT2D eigenvalue weighted by Gasteiger charge is -2.22. The molecule has 0 rings (SSSR count). The Morgan fingerprint density at radius 1 is 1.50 bits per heavy atom. The Bertz CT molecular complexity index is 91.6. The van der Waals surface area contributed by atoms with Gasteiger partial charge in [-0.05, 0) is 6.92 Å². The van der Waals surface area contributed by atoms with E-state index in [9.17, 15) is 5.11 Å². The summed E-state index contributed by atoms with van der Waals surface area (Å²) in [5.74, 6) is 0. The molecule has 10 heavy (non-hydrogen) atoms. The molecule has 1 unspecified atom stereocenters. The van der Waals surface area contributed by atoms with Crippen LogP contribution >= 0.6 is 0 Å². The summed E-state index contributed by atoms with van der Waals surface area (Å²) in [5, 5.41) is 20.9. The van der Waals surface area contributed by atoms with Crippen LogP contribution < -0.4 is 5.32 Å². The van der Waals surface area contributed by atoms with Gasteiger partial charge in [-0.3, -0.25) is 0 Å². The maximum Gasteiger partial charge on any atom is 0.0972 e. The Morgan fingerprint density at radius 3 is 2.30 bits per heavy atom. The van der Waals surface area contributed by atoms with Gasteiger partial charge in [0.25, 0.3) is 0 Å². The van der Waals surface area contributed by atoms with Crippen LogP contribution in [-0.2, 0) is 0 Å². The van der Waals surface area contributed by atoms with Gasteiger partial charge in [0.05, 0.1) is 12.2 Å². The van der Waals surface area contributed by atoms with Crippen molar-refractivity contribution < 1.29 is 10.2 Å². The van der Waals surface area contributed by atoms with Crippen LogP contribution in [0.1, 0.15) is 20.8 Å². The standard InChI is InChI=1S/C7H17NO2/c1-6(2)8-4-7(3,10)5-9/h6,8-10H,4-5H2,1-3H3. The number of hydrogen-bond acceptors (Lipinski definition) is 3. The Kier molecular flexibility index (Phi) is 3.86. The molecular weight excluding hydrogens is 130 g/mol. The second-order valence-corrected chi connectivity index (χ2v) is 3.19. The van der Waals surface area contributed by atoms with E-state index >= 15 is 0 Å². The molecule has 0 aliphatic carbocycles. The van der Waals surface area contributed by atoms with E-state index in [4.69, 9.17) is 5.11 Å². The Balaban J connectivity index is 3.46. The molecule has 0 aliphatic rings. The highest BCUT2D eigenvalue weighted by Crippen LogP contribution is 1.98. The van der Waals surface area contributed by atoms with Crippen LogP contribution in [0.3, 0.4) is 0 Å². The zero-order valence-electron chi connectivity index (χ0n) is 6.89. The third kappa shape index (κ3) is 4.73. The molecule has 0 aromatic carbocycles. The van der Waals surface area contributed by atoms with Crippen molar-refractivity contribution in [3.63, 3.8) is 0 Å². The summed E-state index contributed by atoms with van der Waals surface area (Å²) >= 11 is 0. The predicted octanol–water partition coefficient (Wildman–Crippen LogP) is -0.272. The van der Waals surface area contributed by atoms with Crippen LogP contribution in [0, 0.1) is 0 Å². The fourth-order valence-corrected chi connectivity index (χ4v) is 0.480. The summed E-state index contributed by atoms with van der Waals surface area (Å²) in [6.07, 6.45) is 0. The second-order valence-electron chi connectivity index (χ2n) is 3.19. The summed E-state index contributed by atoms with van der Waals surface area (Å²) in [6.45, 7) is 5.82. The maximum atomic E-state index is 9.26. The zero-order chi connectivity index (χ0) is 8.20. The minimum absolute atomic E-state index is 0.202. The third-order valence-corrected chi connectivity index (χ3v) is 1.23. The quantitative estimate of drug-likeness (QED) is 0.513. The largest absolute Gasteiger partial charge is 0.393 e. The van der Waals surface area contributed by atoms with Crippen LogP contribution in [0.25, 0.3) is 0 Å². The fraction of sp³-hybridized carbons (Fsp3) is 1.00. The molecule has 3 N–H and O–H groups in total. The van der Waals surface area contributed by atoms with Crippen molar-refractivity contribution in [2.45, 2.75) is 32.4 Å². The smallest absolute Gasteiger partial charge is 0.0972 e. The van der Waals surface area contributed by atoms with E-state index in [0.29, 0.717) is 12.6 Å². The first-order valence-corrected chi connectivity index (χ1v) is 3.54. The van der Waals surface area contributed by atoms with E-state index in [1.54, 1.807) is 6.92 Å². The van der Waals surface area contributed by atoms with E-state index in [2.05, 4.69) is 5.32 Å². The van der Waals surface area contributed by atoms with E-state index in [1.165, 1.54) is 0 Å². The minimum atomic E-state index is -0.982. The highest BCUT2D eigenvalue weighted by Gasteiger charge is 2.18. The van der Waals surface area contributed by atoms with Crippen molar-refractivity contribution >= 4 is 0 Å². The zero-order valence-corrected chi connectivity index (χ0v) is 6.89. The summed E-state index contributed by atoms with van der Waals surface area (Å²) < 4.78 is 0. The third-order valence-electron chi connectivity index (χ3n) is 1.23. The molecule has 0 spiro atoms. The number of rotatable bonds is 4. The van der Waals surface area contributed by atoms with E-state index in [-0.39, 0.29) is 6.61 Å². The molecule has 3 nitrogen and oxygen atoms in total. The molecule has 62 valence electrons. The molecule has 0 saturated carbocycles. The molecule has 3 heteroatoms. The van der Waals surface area contributed by atoms with Crippen molar-refractivity contribution in [1.82, 2.24) is 5.32 Å². The molecule has 0 aromatic heterocycles. The highest BCUT2D eigenvalue weighted by molar-refractivity contribution is 4.74. The first-order valence-electron chi connectivity index (χ1n) is 3.54. The average molecular weight is 147 g/mol. The maximum absolute atomic E-state index is 9.26. The van der Waals surface area contributed by atoms with Crippen molar-refractivity contribution in [3.05, 3.63) is 0 Å². The number of hydrogen-bond donors (Lipinski definition) is 3. The second kappa shape index (κ2) is 3.91. The highest BCUT2D eigenvalue weighted by atomic mass is 16.3. The number of aliphatic hydroxyl groups is 2. The molecule has 0 amide bonds. The topological polar surface area (TPSA) is 52.5 Å². The van der Waals surface area contributed by atoms with Crippen LogP contribution in [-0.4, -0.2) is 35.0 Å². The van der Waals surface area contributed by atoms with Gasteiger partial charge in [-0.25, -0.2) is 0 Å². The normalized spacial score (nSPS) is 17.4. The van der Waals surface area contributed by atoms with Gasteiger partial charge in [0.15, 0.2) is 0 Å². The lowest BCUT2D eigenvalue weighted by Crippen LogP contribution is -2.43. The van der Waals surface area contributed by atoms with Crippen molar-refractivity contribution in [1.29, 1.82) is 0 Å². The van der Waals surface area contributed by atoms with Crippen LogP contribution in [0.5, 0.6) is 0 Å². The number of nitrogens with one attached hydrogen (secondary N) is 1. The van der Waals surface area contributed by atoms with Crippen molar-refractivity contribution in [2.24, 2.45) is 0 Å². The number of aliphatic hydroxyl groups excluding tert-OH is 1. The fourth-order valence-electron chi connectivity index (χ4n) is 0.480. The van der Waals surface area contributed by atoms with E-state index < -0.39 is 5.60 Å². The monoisotopic (exact) mass is 147 g/mol. The van der Waals surface area contributed by atoms with Gasteiger partial charge < -0.3 is 15.5 Å². The summed E-state index contributed by atoms with van der Waals surface area (Å²) in [7, 11) is 0. The van der Waals surface area contributed by atoms with Crippen LogP contribution in [0.15, 0.2) is 0 Å². The summed E-state index contributed by atoms with van der Waals surface area (Å²) in [4.78, 5) is 0. The first-order chi connectivity index (χ1) is 4.48. The van der Waals surface area contributed by atoms with Crippen molar-refractivity contribution in [2.75, 3.05) is 13.2 Å². The lowest BCUT2D eigenvalue weighted by atomic mass is 10.1. The Hall–Kier alpha value is -0.120. The molecule has 0 aliphatic heterocycles. The van der Waals surface area contributed by atoms with E-state index in [0.717, 1.165) is 0 Å². The molecule has 0 fully saturated rings. The molecule has 0 aromatic rings. The van der Waals surface area contributed by atoms with Gasteiger partial charge in [0.2, 0.25) is 0 Å². The molecule has 0 saturated heterocycles. The molecular formula is C7H17NO2. The molecule has 0 heterocycles. The van der Waals surface area contributed by atoms with Gasteiger partial charge >= 0.3 is 0 Å². The summed E-state index contributed by atoms with van der Waals surface area (Å²) in [6, 6.07) is 0.345. The average Bonchev–Trinajstić information content (AvgIpc) is 1.85. The SMILES string of the molecule is CC(C)NCC(C)(O)CO. The molecule has 0 radical (unpaired) electrons. The molecule has 1 atom stereocenters. The van der Waals surface area contributed by atoms with Gasteiger partial charge in [0, 0.05) is 12.6 Å². The minimum Gasteiger partial charge on any atom is -0.393 e. The van der Waals surface area contributed by atoms with Gasteiger partial charge in [0.1, 0.15) is 0 Å². The Morgan fingerprint density at radius 2 is 2.00 bits per heavy atom. The predicted molar refractivity (Wildman–Crippen MR) is 40.8 cm³/mol. The first kappa shape index (κ1) is 9.88. The molecule has 0 bridgehead atoms. The van der Waals surface area contributed by atoms with Crippen LogP contribution in [0.4, 0.5) is 0 Å². The van der Waals surface area contributed by atoms with Gasteiger partial charge in [-0.1, -0.05) is 13.8 Å². The van der Waals surface area contributed by atoms with E-state index in [1.807, 2.05) is 13.8 Å². The van der Waals surface area contributed by atoms with Gasteiger partial charge in [-0.15, -0.1) is 0 Å². The summed E-state index contributed by atoms with van der Waals surface area (Å²) in [5.41, 5.74) is -0.982. The Labute approximate surface area is 62.1 Å². The lowest BCUT2D eigenvalue weighted by molar-refractivity contribution is 0.00146.